The van der Waals surface area contributed by atoms with Crippen LogP contribution in [0.3, 0.4) is 0 Å². The number of rotatable bonds is 2. The molecule has 17 heavy (non-hydrogen) atoms. The molecule has 2 N–H and O–H groups in total. The molecular weight excluding hydrogens is 329 g/mol. The van der Waals surface area contributed by atoms with E-state index in [-0.39, 0.29) is 30.1 Å². The minimum absolute atomic E-state index is 0. The summed E-state index contributed by atoms with van der Waals surface area (Å²) in [6.45, 7) is 10.0. The molecule has 1 saturated heterocycles. The van der Waals surface area contributed by atoms with Crippen LogP contribution in [0.5, 0.6) is 0 Å². The third-order valence-electron chi connectivity index (χ3n) is 3.76. The first-order chi connectivity index (χ1) is 7.49. The SMILES string of the molecule is CC1CN(C(N)=NCC2CC2(C)C)CCO1.I. The van der Waals surface area contributed by atoms with Crippen LogP contribution in [-0.4, -0.2) is 43.2 Å². The summed E-state index contributed by atoms with van der Waals surface area (Å²) in [4.78, 5) is 6.63. The van der Waals surface area contributed by atoms with Crippen molar-refractivity contribution in [2.75, 3.05) is 26.2 Å². The minimum Gasteiger partial charge on any atom is -0.375 e. The van der Waals surface area contributed by atoms with Crippen molar-refractivity contribution in [1.82, 2.24) is 4.90 Å². The van der Waals surface area contributed by atoms with E-state index < -0.39 is 0 Å². The van der Waals surface area contributed by atoms with Crippen LogP contribution in [0.2, 0.25) is 0 Å². The topological polar surface area (TPSA) is 50.8 Å². The summed E-state index contributed by atoms with van der Waals surface area (Å²) < 4.78 is 5.48. The third kappa shape index (κ3) is 3.98. The number of morpholine rings is 1. The second kappa shape index (κ2) is 5.73. The molecule has 0 aromatic heterocycles. The van der Waals surface area contributed by atoms with Gasteiger partial charge < -0.3 is 15.4 Å². The predicted octanol–water partition coefficient (Wildman–Crippen LogP) is 1.69. The molecule has 0 bridgehead atoms. The van der Waals surface area contributed by atoms with Crippen LogP contribution in [-0.2, 0) is 4.74 Å². The smallest absolute Gasteiger partial charge is 0.191 e. The number of aliphatic imine (C=N–C) groups is 1. The van der Waals surface area contributed by atoms with Crippen molar-refractivity contribution in [3.63, 3.8) is 0 Å². The highest BCUT2D eigenvalue weighted by atomic mass is 127. The summed E-state index contributed by atoms with van der Waals surface area (Å²) in [5.74, 6) is 1.42. The summed E-state index contributed by atoms with van der Waals surface area (Å²) in [5, 5.41) is 0. The highest BCUT2D eigenvalue weighted by Crippen LogP contribution is 2.51. The Morgan fingerprint density at radius 3 is 2.71 bits per heavy atom. The third-order valence-corrected chi connectivity index (χ3v) is 3.76. The van der Waals surface area contributed by atoms with Crippen LogP contribution in [0.15, 0.2) is 4.99 Å². The molecule has 1 aliphatic carbocycles. The number of hydrogen-bond acceptors (Lipinski definition) is 2. The molecule has 1 heterocycles. The number of ether oxygens (including phenoxy) is 1. The van der Waals surface area contributed by atoms with Crippen molar-refractivity contribution < 1.29 is 4.74 Å². The largest absolute Gasteiger partial charge is 0.375 e. The zero-order valence-electron chi connectivity index (χ0n) is 11.0. The summed E-state index contributed by atoms with van der Waals surface area (Å²) in [6, 6.07) is 0. The maximum absolute atomic E-state index is 6.00. The molecule has 2 unspecified atom stereocenters. The van der Waals surface area contributed by atoms with Gasteiger partial charge in [-0.15, -0.1) is 24.0 Å². The van der Waals surface area contributed by atoms with E-state index in [9.17, 15) is 0 Å². The lowest BCUT2D eigenvalue weighted by atomic mass is 10.1. The Balaban J connectivity index is 0.00000144. The fourth-order valence-electron chi connectivity index (χ4n) is 2.22. The van der Waals surface area contributed by atoms with E-state index in [1.54, 1.807) is 0 Å². The van der Waals surface area contributed by atoms with E-state index in [0.717, 1.165) is 32.2 Å². The van der Waals surface area contributed by atoms with Crippen LogP contribution in [0.1, 0.15) is 27.2 Å². The van der Waals surface area contributed by atoms with Crippen LogP contribution < -0.4 is 5.73 Å². The Labute approximate surface area is 121 Å². The van der Waals surface area contributed by atoms with E-state index in [1.165, 1.54) is 6.42 Å². The van der Waals surface area contributed by atoms with Crippen LogP contribution in [0.25, 0.3) is 0 Å². The van der Waals surface area contributed by atoms with E-state index in [1.807, 2.05) is 0 Å². The Hall–Kier alpha value is -0.0400. The first-order valence-electron chi connectivity index (χ1n) is 6.15. The van der Waals surface area contributed by atoms with E-state index in [0.29, 0.717) is 11.4 Å². The van der Waals surface area contributed by atoms with Gasteiger partial charge in [-0.2, -0.15) is 0 Å². The molecule has 2 aliphatic rings. The zero-order chi connectivity index (χ0) is 11.8. The van der Waals surface area contributed by atoms with Gasteiger partial charge in [-0.25, -0.2) is 0 Å². The fourth-order valence-corrected chi connectivity index (χ4v) is 2.22. The van der Waals surface area contributed by atoms with Gasteiger partial charge >= 0.3 is 0 Å². The molecule has 0 radical (unpaired) electrons. The van der Waals surface area contributed by atoms with Gasteiger partial charge in [0.15, 0.2) is 5.96 Å². The van der Waals surface area contributed by atoms with Gasteiger partial charge in [-0.1, -0.05) is 13.8 Å². The lowest BCUT2D eigenvalue weighted by molar-refractivity contribution is 0.00529. The molecule has 0 spiro atoms. The van der Waals surface area contributed by atoms with Crippen LogP contribution >= 0.6 is 24.0 Å². The second-order valence-corrected chi connectivity index (χ2v) is 5.72. The number of halogens is 1. The molecule has 0 amide bonds. The lowest BCUT2D eigenvalue weighted by Gasteiger charge is -2.31. The van der Waals surface area contributed by atoms with Gasteiger partial charge in [-0.3, -0.25) is 4.99 Å². The van der Waals surface area contributed by atoms with Gasteiger partial charge in [0.1, 0.15) is 0 Å². The van der Waals surface area contributed by atoms with E-state index in [4.69, 9.17) is 10.5 Å². The van der Waals surface area contributed by atoms with Crippen molar-refractivity contribution in [3.05, 3.63) is 0 Å². The molecule has 1 saturated carbocycles. The van der Waals surface area contributed by atoms with Crippen LogP contribution in [0.4, 0.5) is 0 Å². The molecular formula is C12H24IN3O. The number of hydrogen-bond donors (Lipinski definition) is 1. The first kappa shape index (κ1) is 15.0. The maximum Gasteiger partial charge on any atom is 0.191 e. The second-order valence-electron chi connectivity index (χ2n) is 5.72. The number of guanidine groups is 1. The van der Waals surface area contributed by atoms with Gasteiger partial charge in [0.25, 0.3) is 0 Å². The zero-order valence-corrected chi connectivity index (χ0v) is 13.3. The maximum atomic E-state index is 6.00. The molecule has 1 aliphatic heterocycles. The molecule has 2 rings (SSSR count). The first-order valence-corrected chi connectivity index (χ1v) is 6.15. The van der Waals surface area contributed by atoms with E-state index in [2.05, 4.69) is 30.7 Å². The standard InChI is InChI=1S/C12H23N3O.HI/c1-9-8-15(4-5-16-9)11(13)14-7-10-6-12(10,2)3;/h9-10H,4-8H2,1-3H3,(H2,13,14);1H. The molecule has 4 nitrogen and oxygen atoms in total. The van der Waals surface area contributed by atoms with Crippen molar-refractivity contribution in [3.8, 4) is 0 Å². The van der Waals surface area contributed by atoms with Gasteiger partial charge in [0, 0.05) is 19.6 Å². The average Bonchev–Trinajstić information content (AvgIpc) is 2.83. The molecule has 5 heteroatoms. The highest BCUT2D eigenvalue weighted by molar-refractivity contribution is 14.0. The Morgan fingerprint density at radius 2 is 2.18 bits per heavy atom. The van der Waals surface area contributed by atoms with Gasteiger partial charge in [0.2, 0.25) is 0 Å². The normalized spacial score (nSPS) is 31.9. The number of nitrogens with zero attached hydrogens (tertiary/aromatic N) is 2. The monoisotopic (exact) mass is 353 g/mol. The summed E-state index contributed by atoms with van der Waals surface area (Å²) in [5.41, 5.74) is 6.48. The van der Waals surface area contributed by atoms with Crippen molar-refractivity contribution in [2.45, 2.75) is 33.3 Å². The average molecular weight is 353 g/mol. The quantitative estimate of drug-likeness (QED) is 0.467. The van der Waals surface area contributed by atoms with Gasteiger partial charge in [-0.05, 0) is 24.7 Å². The minimum atomic E-state index is 0. The predicted molar refractivity (Wildman–Crippen MR) is 80.8 cm³/mol. The summed E-state index contributed by atoms with van der Waals surface area (Å²) >= 11 is 0. The summed E-state index contributed by atoms with van der Waals surface area (Å²) in [7, 11) is 0. The van der Waals surface area contributed by atoms with Crippen molar-refractivity contribution in [2.24, 2.45) is 22.1 Å². The molecule has 0 aromatic rings. The summed E-state index contributed by atoms with van der Waals surface area (Å²) in [6.07, 6.45) is 1.54. The Morgan fingerprint density at radius 1 is 1.53 bits per heavy atom. The van der Waals surface area contributed by atoms with Crippen molar-refractivity contribution in [1.29, 1.82) is 0 Å². The Bertz CT molecular complexity index is 293. The number of nitrogens with two attached hydrogens (primary N) is 1. The fraction of sp³-hybridized carbons (Fsp3) is 0.917. The molecule has 2 fully saturated rings. The van der Waals surface area contributed by atoms with Crippen molar-refractivity contribution >= 4 is 29.9 Å². The van der Waals surface area contributed by atoms with Gasteiger partial charge in [0.05, 0.1) is 12.7 Å². The molecule has 0 aromatic carbocycles. The molecule has 2 atom stereocenters. The molecule has 100 valence electrons. The van der Waals surface area contributed by atoms with E-state index >= 15 is 0 Å². The lowest BCUT2D eigenvalue weighted by Crippen LogP contribution is -2.48. The Kier molecular flexibility index (Phi) is 5.07. The highest BCUT2D eigenvalue weighted by Gasteiger charge is 2.45. The van der Waals surface area contributed by atoms with Crippen LogP contribution in [0, 0.1) is 11.3 Å².